The van der Waals surface area contributed by atoms with E-state index in [1.807, 2.05) is 18.2 Å². The van der Waals surface area contributed by atoms with Crippen molar-refractivity contribution >= 4 is 21.5 Å². The number of likely N-dealkylation sites (N-methyl/N-ethyl adjacent to an activating group) is 1. The summed E-state index contributed by atoms with van der Waals surface area (Å²) in [6.07, 6.45) is 1.80. The summed E-state index contributed by atoms with van der Waals surface area (Å²) in [5, 5.41) is 0. The van der Waals surface area contributed by atoms with Crippen LogP contribution in [0, 0.1) is 0 Å². The summed E-state index contributed by atoms with van der Waals surface area (Å²) >= 11 is 0. The van der Waals surface area contributed by atoms with Crippen LogP contribution >= 0.6 is 0 Å². The molecular weight excluding hydrogens is 384 g/mol. The van der Waals surface area contributed by atoms with Gasteiger partial charge in [0.15, 0.2) is 0 Å². The molecule has 0 amide bonds. The van der Waals surface area contributed by atoms with E-state index in [4.69, 9.17) is 0 Å². The van der Waals surface area contributed by atoms with E-state index >= 15 is 0 Å². The second-order valence-corrected chi connectivity index (χ2v) is 8.88. The number of hydrogen-bond acceptors (Lipinski definition) is 4. The van der Waals surface area contributed by atoms with Crippen LogP contribution in [0.1, 0.15) is 49.5 Å². The average molecular weight is 413 g/mol. The van der Waals surface area contributed by atoms with Gasteiger partial charge in [0, 0.05) is 30.8 Å². The molecule has 0 spiro atoms. The zero-order valence-corrected chi connectivity index (χ0v) is 18.1. The molecular formula is C23H28N2O3S. The first kappa shape index (κ1) is 21.1. The van der Waals surface area contributed by atoms with Crippen LogP contribution in [0.2, 0.25) is 0 Å². The van der Waals surface area contributed by atoms with Gasteiger partial charge in [-0.2, -0.15) is 0 Å². The molecule has 0 saturated heterocycles. The fourth-order valence-electron chi connectivity index (χ4n) is 3.84. The number of allylic oxidation sites excluding steroid dienone is 1. The Morgan fingerprint density at radius 1 is 0.897 bits per heavy atom. The number of rotatable bonds is 8. The van der Waals surface area contributed by atoms with E-state index < -0.39 is 10.0 Å². The van der Waals surface area contributed by atoms with Gasteiger partial charge >= 0.3 is 0 Å². The monoisotopic (exact) mass is 412 g/mol. The van der Waals surface area contributed by atoms with Crippen molar-refractivity contribution in [2.75, 3.05) is 19.6 Å². The second-order valence-electron chi connectivity index (χ2n) is 7.05. The van der Waals surface area contributed by atoms with Crippen molar-refractivity contribution in [1.82, 2.24) is 9.21 Å². The highest BCUT2D eigenvalue weighted by molar-refractivity contribution is 7.89. The third kappa shape index (κ3) is 3.81. The van der Waals surface area contributed by atoms with Crippen molar-refractivity contribution in [2.24, 2.45) is 0 Å². The Kier molecular flexibility index (Phi) is 6.42. The quantitative estimate of drug-likeness (QED) is 0.604. The fourth-order valence-corrected chi connectivity index (χ4v) is 5.52. The molecule has 0 atom stereocenters. The smallest absolute Gasteiger partial charge is 0.265 e. The Bertz CT molecular complexity index is 1010. The van der Waals surface area contributed by atoms with Gasteiger partial charge in [-0.1, -0.05) is 62.4 Å². The summed E-state index contributed by atoms with van der Waals surface area (Å²) in [4.78, 5) is 16.0. The van der Waals surface area contributed by atoms with E-state index in [2.05, 4.69) is 18.7 Å². The third-order valence-corrected chi connectivity index (χ3v) is 6.96. The molecule has 29 heavy (non-hydrogen) atoms. The Morgan fingerprint density at radius 3 is 2.07 bits per heavy atom. The van der Waals surface area contributed by atoms with Gasteiger partial charge in [-0.3, -0.25) is 9.10 Å². The molecule has 6 heteroatoms. The largest absolute Gasteiger partial charge is 0.369 e. The summed E-state index contributed by atoms with van der Waals surface area (Å²) in [6.45, 7) is 7.64. The van der Waals surface area contributed by atoms with Crippen LogP contribution < -0.4 is 0 Å². The van der Waals surface area contributed by atoms with Crippen LogP contribution in [0.4, 0.5) is 0 Å². The topological polar surface area (TPSA) is 57.7 Å². The van der Waals surface area contributed by atoms with E-state index in [0.29, 0.717) is 11.1 Å². The molecule has 2 aromatic carbocycles. The minimum absolute atomic E-state index is 0.195. The lowest BCUT2D eigenvalue weighted by atomic mass is 10.0. The molecule has 3 rings (SSSR count). The molecule has 154 valence electrons. The van der Waals surface area contributed by atoms with Gasteiger partial charge in [0.05, 0.1) is 10.6 Å². The lowest BCUT2D eigenvalue weighted by Gasteiger charge is -2.38. The number of Topliss-reactive ketones (excluding diaryl/α,β-unsaturated/α-hetero) is 1. The highest BCUT2D eigenvalue weighted by atomic mass is 32.2. The lowest BCUT2D eigenvalue weighted by molar-refractivity contribution is 0.101. The van der Waals surface area contributed by atoms with Crippen molar-refractivity contribution in [3.63, 3.8) is 0 Å². The Hall–Kier alpha value is -2.60. The van der Waals surface area contributed by atoms with Gasteiger partial charge in [-0.05, 0) is 25.8 Å². The molecule has 1 aliphatic heterocycles. The number of benzene rings is 2. The predicted octanol–water partition coefficient (Wildman–Crippen LogP) is 4.38. The second kappa shape index (κ2) is 8.82. The van der Waals surface area contributed by atoms with Crippen LogP contribution in [0.3, 0.4) is 0 Å². The average Bonchev–Trinajstić information content (AvgIpc) is 2.73. The highest BCUT2D eigenvalue weighted by Crippen LogP contribution is 2.39. The van der Waals surface area contributed by atoms with Gasteiger partial charge in [0.2, 0.25) is 5.78 Å². The van der Waals surface area contributed by atoms with Gasteiger partial charge < -0.3 is 4.90 Å². The van der Waals surface area contributed by atoms with Crippen LogP contribution in [0.5, 0.6) is 0 Å². The number of carbonyl (C=O) groups excluding carboxylic acids is 1. The van der Waals surface area contributed by atoms with Crippen molar-refractivity contribution in [2.45, 2.75) is 38.5 Å². The number of carbonyl (C=O) groups is 1. The lowest BCUT2D eigenvalue weighted by Crippen LogP contribution is -2.41. The van der Waals surface area contributed by atoms with Gasteiger partial charge in [-0.15, -0.1) is 0 Å². The summed E-state index contributed by atoms with van der Waals surface area (Å²) in [6, 6.07) is 15.9. The first-order chi connectivity index (χ1) is 14.0. The molecule has 0 fully saturated rings. The molecule has 0 unspecified atom stereocenters. The molecule has 1 heterocycles. The SMILES string of the molecule is CCCN(CCC)C1=C(C(=O)c2ccccc2)N(CC)S(=O)(=O)c2ccccc21. The maximum Gasteiger partial charge on any atom is 0.265 e. The molecule has 1 aliphatic rings. The highest BCUT2D eigenvalue weighted by Gasteiger charge is 2.40. The summed E-state index contributed by atoms with van der Waals surface area (Å²) < 4.78 is 28.0. The maximum absolute atomic E-state index is 13.6. The van der Waals surface area contributed by atoms with Crippen LogP contribution in [-0.2, 0) is 10.0 Å². The molecule has 0 bridgehead atoms. The minimum atomic E-state index is -3.80. The molecule has 0 N–H and O–H groups in total. The first-order valence-electron chi connectivity index (χ1n) is 10.2. The number of nitrogens with zero attached hydrogens (tertiary/aromatic N) is 2. The molecule has 0 saturated carbocycles. The summed E-state index contributed by atoms with van der Waals surface area (Å²) in [5.74, 6) is -0.266. The number of fused-ring (bicyclic) bond motifs is 1. The number of ketones is 1. The van der Waals surface area contributed by atoms with Crippen LogP contribution in [0.25, 0.3) is 5.70 Å². The zero-order chi connectivity index (χ0) is 21.0. The van der Waals surface area contributed by atoms with Gasteiger partial charge in [-0.25, -0.2) is 8.42 Å². The van der Waals surface area contributed by atoms with E-state index in [0.717, 1.165) is 31.6 Å². The first-order valence-corrected chi connectivity index (χ1v) is 11.6. The predicted molar refractivity (Wildman–Crippen MR) is 116 cm³/mol. The molecule has 5 nitrogen and oxygen atoms in total. The van der Waals surface area contributed by atoms with Gasteiger partial charge in [0.25, 0.3) is 10.0 Å². The minimum Gasteiger partial charge on any atom is -0.369 e. The summed E-state index contributed by atoms with van der Waals surface area (Å²) in [7, 11) is -3.80. The Balaban J connectivity index is 2.36. The number of sulfonamides is 1. The van der Waals surface area contributed by atoms with Gasteiger partial charge in [0.1, 0.15) is 5.70 Å². The van der Waals surface area contributed by atoms with E-state index in [-0.39, 0.29) is 22.9 Å². The maximum atomic E-state index is 13.6. The standard InChI is InChI=1S/C23H28N2O3S/c1-4-16-24(17-5-2)21-19-14-10-11-15-20(19)29(27,28)25(6-3)22(21)23(26)18-12-8-7-9-13-18/h7-15H,4-6,16-17H2,1-3H3. The van der Waals surface area contributed by atoms with Crippen molar-refractivity contribution < 1.29 is 13.2 Å². The van der Waals surface area contributed by atoms with E-state index in [9.17, 15) is 13.2 Å². The van der Waals surface area contributed by atoms with Crippen molar-refractivity contribution in [1.29, 1.82) is 0 Å². The summed E-state index contributed by atoms with van der Waals surface area (Å²) in [5.41, 5.74) is 2.06. The Labute approximate surface area is 173 Å². The van der Waals surface area contributed by atoms with E-state index in [1.165, 1.54) is 4.31 Å². The third-order valence-electron chi connectivity index (χ3n) is 5.03. The molecule has 2 aromatic rings. The van der Waals surface area contributed by atoms with Crippen LogP contribution in [-0.4, -0.2) is 43.0 Å². The molecule has 0 aliphatic carbocycles. The number of hydrogen-bond donors (Lipinski definition) is 0. The zero-order valence-electron chi connectivity index (χ0n) is 17.3. The van der Waals surface area contributed by atoms with Crippen molar-refractivity contribution in [3.05, 3.63) is 71.4 Å². The Morgan fingerprint density at radius 2 is 1.48 bits per heavy atom. The fraction of sp³-hybridized carbons (Fsp3) is 0.348. The molecule has 0 radical (unpaired) electrons. The molecule has 0 aromatic heterocycles. The van der Waals surface area contributed by atoms with Crippen LogP contribution in [0.15, 0.2) is 65.2 Å². The van der Waals surface area contributed by atoms with E-state index in [1.54, 1.807) is 43.3 Å². The van der Waals surface area contributed by atoms with Crippen molar-refractivity contribution in [3.8, 4) is 0 Å². The normalized spacial score (nSPS) is 15.2.